The van der Waals surface area contributed by atoms with Gasteiger partial charge < -0.3 is 14.5 Å². The summed E-state index contributed by atoms with van der Waals surface area (Å²) in [6.07, 6.45) is 5.22. The Hall–Kier alpha value is -2.60. The number of ether oxygens (including phenoxy) is 1. The van der Waals surface area contributed by atoms with Gasteiger partial charge in [0.1, 0.15) is 5.52 Å². The fourth-order valence-corrected chi connectivity index (χ4v) is 3.87. The number of halogens is 1. The number of hydrogen-bond acceptors (Lipinski definition) is 5. The minimum absolute atomic E-state index is 0.0129. The van der Waals surface area contributed by atoms with Crippen molar-refractivity contribution >= 4 is 28.6 Å². The number of nitrogens with zero attached hydrogens (tertiary/aromatic N) is 2. The summed E-state index contributed by atoms with van der Waals surface area (Å²) in [6, 6.07) is 9.01. The average Bonchev–Trinajstić information content (AvgIpc) is 3.11. The fourth-order valence-electron chi connectivity index (χ4n) is 3.70. The molecule has 0 atom stereocenters. The van der Waals surface area contributed by atoms with Gasteiger partial charge in [-0.05, 0) is 63.8 Å². The van der Waals surface area contributed by atoms with Crippen LogP contribution in [0.4, 0.5) is 0 Å². The van der Waals surface area contributed by atoms with Gasteiger partial charge >= 0.3 is 0 Å². The molecule has 0 spiro atoms. The Bertz CT molecular complexity index is 1010. The minimum atomic E-state index is -0.0963. The second-order valence-corrected chi connectivity index (χ2v) is 8.17. The van der Waals surface area contributed by atoms with E-state index in [0.717, 1.165) is 42.7 Å². The zero-order chi connectivity index (χ0) is 20.4. The van der Waals surface area contributed by atoms with Gasteiger partial charge in [-0.1, -0.05) is 11.6 Å². The van der Waals surface area contributed by atoms with E-state index in [1.54, 1.807) is 18.3 Å². The number of rotatable bonds is 5. The Kier molecular flexibility index (Phi) is 5.72. The first-order valence-corrected chi connectivity index (χ1v) is 10.4. The summed E-state index contributed by atoms with van der Waals surface area (Å²) in [6.45, 7) is 3.86. The van der Waals surface area contributed by atoms with E-state index < -0.39 is 0 Å². The number of fused-ring (bicyclic) bond motifs is 1. The first-order valence-electron chi connectivity index (χ1n) is 9.97. The van der Waals surface area contributed by atoms with Crippen molar-refractivity contribution in [3.63, 3.8) is 0 Å². The van der Waals surface area contributed by atoms with Crippen molar-refractivity contribution in [2.24, 2.45) is 0 Å². The number of amides is 1. The summed E-state index contributed by atoms with van der Waals surface area (Å²) in [4.78, 5) is 21.4. The summed E-state index contributed by atoms with van der Waals surface area (Å²) in [5.74, 6) is 1.39. The molecular formula is C22H24ClN3O3. The molecule has 0 bridgehead atoms. The third-order valence-electron chi connectivity index (χ3n) is 5.13. The first-order chi connectivity index (χ1) is 14.0. The number of aromatic nitrogens is 2. The molecular weight excluding hydrogens is 390 g/mol. The molecule has 6 nitrogen and oxygen atoms in total. The minimum Gasteiger partial charge on any atom is -0.475 e. The first kappa shape index (κ1) is 19.7. The molecule has 1 fully saturated rings. The average molecular weight is 414 g/mol. The maximum absolute atomic E-state index is 12.6. The highest BCUT2D eigenvalue weighted by atomic mass is 35.5. The van der Waals surface area contributed by atoms with Crippen molar-refractivity contribution in [3.8, 4) is 5.88 Å². The molecule has 1 amide bonds. The zero-order valence-corrected chi connectivity index (χ0v) is 17.3. The van der Waals surface area contributed by atoms with Crippen molar-refractivity contribution < 1.29 is 13.9 Å². The third kappa shape index (κ3) is 4.70. The van der Waals surface area contributed by atoms with Gasteiger partial charge in [-0.2, -0.15) is 0 Å². The Balaban J connectivity index is 1.35. The predicted molar refractivity (Wildman–Crippen MR) is 111 cm³/mol. The summed E-state index contributed by atoms with van der Waals surface area (Å²) in [5.41, 5.74) is 2.12. The molecule has 0 saturated heterocycles. The maximum Gasteiger partial charge on any atom is 0.251 e. The number of carbonyl (C=O) groups excluding carboxylic acids is 1. The number of pyridine rings is 1. The van der Waals surface area contributed by atoms with Gasteiger partial charge in [0.15, 0.2) is 11.5 Å². The smallest absolute Gasteiger partial charge is 0.251 e. The van der Waals surface area contributed by atoms with E-state index in [1.165, 1.54) is 0 Å². The molecule has 2 heterocycles. The van der Waals surface area contributed by atoms with Crippen LogP contribution in [0.25, 0.3) is 11.1 Å². The molecule has 2 aromatic heterocycles. The molecule has 1 N–H and O–H groups in total. The van der Waals surface area contributed by atoms with Gasteiger partial charge in [-0.15, -0.1) is 0 Å². The SMILES string of the molecule is CC(C)Oc1cc(C(=O)NC2CCC(c3nc4cc(Cl)ccc4o3)CC2)ccn1. The normalized spacial score (nSPS) is 19.4. The van der Waals surface area contributed by atoms with E-state index in [1.807, 2.05) is 32.0 Å². The van der Waals surface area contributed by atoms with Gasteiger partial charge in [-0.25, -0.2) is 9.97 Å². The van der Waals surface area contributed by atoms with Crippen molar-refractivity contribution in [2.75, 3.05) is 0 Å². The van der Waals surface area contributed by atoms with Crippen LogP contribution in [-0.4, -0.2) is 28.0 Å². The number of hydrogen-bond donors (Lipinski definition) is 1. The Morgan fingerprint density at radius 3 is 2.76 bits per heavy atom. The van der Waals surface area contributed by atoms with Gasteiger partial charge in [-0.3, -0.25) is 4.79 Å². The van der Waals surface area contributed by atoms with Crippen LogP contribution < -0.4 is 10.1 Å². The second-order valence-electron chi connectivity index (χ2n) is 7.74. The molecule has 0 aliphatic heterocycles. The number of carbonyl (C=O) groups is 1. The van der Waals surface area contributed by atoms with E-state index in [4.69, 9.17) is 20.8 Å². The predicted octanol–water partition coefficient (Wildman–Crippen LogP) is 5.12. The highest BCUT2D eigenvalue weighted by Gasteiger charge is 2.27. The summed E-state index contributed by atoms with van der Waals surface area (Å²) in [5, 5.41) is 3.79. The Labute approximate surface area is 174 Å². The standard InChI is InChI=1S/C22H24ClN3O3/c1-13(2)28-20-11-15(9-10-24-20)21(27)25-17-6-3-14(4-7-17)22-26-18-12-16(23)5-8-19(18)29-22/h5,8-14,17H,3-4,6-7H2,1-2H3,(H,25,27). The van der Waals surface area contributed by atoms with Crippen molar-refractivity contribution in [1.29, 1.82) is 0 Å². The number of nitrogens with one attached hydrogen (secondary N) is 1. The molecule has 0 unspecified atom stereocenters. The van der Waals surface area contributed by atoms with E-state index in [2.05, 4.69) is 15.3 Å². The molecule has 1 aromatic carbocycles. The van der Waals surface area contributed by atoms with Crippen LogP contribution in [0.2, 0.25) is 5.02 Å². The lowest BCUT2D eigenvalue weighted by atomic mass is 9.86. The molecule has 1 aliphatic rings. The van der Waals surface area contributed by atoms with Crippen LogP contribution in [0.3, 0.4) is 0 Å². The van der Waals surface area contributed by atoms with Crippen LogP contribution in [0.1, 0.15) is 61.7 Å². The zero-order valence-electron chi connectivity index (χ0n) is 16.5. The van der Waals surface area contributed by atoms with E-state index in [0.29, 0.717) is 16.5 Å². The Morgan fingerprint density at radius 2 is 2.00 bits per heavy atom. The van der Waals surface area contributed by atoms with Gasteiger partial charge in [0.2, 0.25) is 5.88 Å². The molecule has 7 heteroatoms. The topological polar surface area (TPSA) is 77.2 Å². The van der Waals surface area contributed by atoms with E-state index in [-0.39, 0.29) is 24.0 Å². The number of oxazole rings is 1. The fraction of sp³-hybridized carbons (Fsp3) is 0.409. The largest absolute Gasteiger partial charge is 0.475 e. The van der Waals surface area contributed by atoms with Crippen LogP contribution in [0.15, 0.2) is 40.9 Å². The lowest BCUT2D eigenvalue weighted by Gasteiger charge is -2.27. The third-order valence-corrected chi connectivity index (χ3v) is 5.37. The van der Waals surface area contributed by atoms with Crippen molar-refractivity contribution in [1.82, 2.24) is 15.3 Å². The van der Waals surface area contributed by atoms with Gasteiger partial charge in [0, 0.05) is 34.8 Å². The Morgan fingerprint density at radius 1 is 1.21 bits per heavy atom. The second kappa shape index (κ2) is 8.41. The van der Waals surface area contributed by atoms with Crippen molar-refractivity contribution in [2.45, 2.75) is 57.6 Å². The highest BCUT2D eigenvalue weighted by molar-refractivity contribution is 6.31. The van der Waals surface area contributed by atoms with Crippen LogP contribution in [0, 0.1) is 0 Å². The molecule has 1 aliphatic carbocycles. The lowest BCUT2D eigenvalue weighted by molar-refractivity contribution is 0.0924. The van der Waals surface area contributed by atoms with E-state index in [9.17, 15) is 4.79 Å². The summed E-state index contributed by atoms with van der Waals surface area (Å²) >= 11 is 6.03. The highest BCUT2D eigenvalue weighted by Crippen LogP contribution is 2.34. The molecule has 4 rings (SSSR count). The monoisotopic (exact) mass is 413 g/mol. The molecule has 29 heavy (non-hydrogen) atoms. The van der Waals surface area contributed by atoms with E-state index >= 15 is 0 Å². The number of benzene rings is 1. The lowest BCUT2D eigenvalue weighted by Crippen LogP contribution is -2.37. The van der Waals surface area contributed by atoms with Crippen LogP contribution in [-0.2, 0) is 0 Å². The van der Waals surface area contributed by atoms with Crippen LogP contribution in [0.5, 0.6) is 5.88 Å². The molecule has 3 aromatic rings. The van der Waals surface area contributed by atoms with Crippen molar-refractivity contribution in [3.05, 3.63) is 53.0 Å². The molecule has 152 valence electrons. The van der Waals surface area contributed by atoms with Crippen LogP contribution >= 0.6 is 11.6 Å². The maximum atomic E-state index is 12.6. The molecule has 0 radical (unpaired) electrons. The van der Waals surface area contributed by atoms with Gasteiger partial charge in [0.05, 0.1) is 6.10 Å². The van der Waals surface area contributed by atoms with Gasteiger partial charge in [0.25, 0.3) is 5.91 Å². The quantitative estimate of drug-likeness (QED) is 0.628. The summed E-state index contributed by atoms with van der Waals surface area (Å²) < 4.78 is 11.5. The summed E-state index contributed by atoms with van der Waals surface area (Å²) in [7, 11) is 0. The molecule has 1 saturated carbocycles.